The molecule has 0 saturated heterocycles. The summed E-state index contributed by atoms with van der Waals surface area (Å²) in [4.78, 5) is 21.8. The lowest BCUT2D eigenvalue weighted by Gasteiger charge is -2.32. The number of aromatic nitrogens is 4. The topological polar surface area (TPSA) is 97.6 Å². The molecule has 1 unspecified atom stereocenters. The molecule has 3 aromatic rings. The van der Waals surface area contributed by atoms with E-state index in [2.05, 4.69) is 5.10 Å². The van der Waals surface area contributed by atoms with E-state index in [4.69, 9.17) is 28.9 Å². The minimum atomic E-state index is -0.971. The molecule has 0 saturated carbocycles. The maximum atomic E-state index is 12.3. The zero-order chi connectivity index (χ0) is 23.4. The van der Waals surface area contributed by atoms with Gasteiger partial charge in [0.25, 0.3) is 0 Å². The SMILES string of the molecule is CCn1ncc2c(OCc3ccc(OC)cc3)nc(C3=CCC(OC)(C(=O)OC)CC3)nc21. The first-order chi connectivity index (χ1) is 16.0. The second-order valence-electron chi connectivity index (χ2n) is 7.81. The van der Waals surface area contributed by atoms with Crippen LogP contribution in [0.1, 0.15) is 37.6 Å². The molecule has 0 N–H and O–H groups in total. The number of aryl methyl sites for hydroxylation is 1. The van der Waals surface area contributed by atoms with Crippen LogP contribution in [0.15, 0.2) is 36.5 Å². The fraction of sp³-hybridized carbons (Fsp3) is 0.417. The fourth-order valence-electron chi connectivity index (χ4n) is 3.96. The first-order valence-corrected chi connectivity index (χ1v) is 10.9. The summed E-state index contributed by atoms with van der Waals surface area (Å²) in [5.41, 5.74) is 1.67. The molecule has 174 valence electrons. The van der Waals surface area contributed by atoms with Crippen molar-refractivity contribution in [3.63, 3.8) is 0 Å². The van der Waals surface area contributed by atoms with Gasteiger partial charge in [0.2, 0.25) is 5.88 Å². The van der Waals surface area contributed by atoms with Gasteiger partial charge >= 0.3 is 5.97 Å². The first-order valence-electron chi connectivity index (χ1n) is 10.9. The van der Waals surface area contributed by atoms with Crippen molar-refractivity contribution < 1.29 is 23.7 Å². The Labute approximate surface area is 192 Å². The largest absolute Gasteiger partial charge is 0.497 e. The van der Waals surface area contributed by atoms with Crippen LogP contribution in [0.2, 0.25) is 0 Å². The van der Waals surface area contributed by atoms with Gasteiger partial charge in [0, 0.05) is 20.1 Å². The fourth-order valence-corrected chi connectivity index (χ4v) is 3.96. The van der Waals surface area contributed by atoms with Crippen LogP contribution in [0.3, 0.4) is 0 Å². The van der Waals surface area contributed by atoms with Crippen molar-refractivity contribution in [1.82, 2.24) is 19.7 Å². The van der Waals surface area contributed by atoms with Gasteiger partial charge in [-0.3, -0.25) is 0 Å². The molecule has 2 heterocycles. The van der Waals surface area contributed by atoms with E-state index in [1.165, 1.54) is 14.2 Å². The molecule has 0 amide bonds. The molecule has 9 heteroatoms. The van der Waals surface area contributed by atoms with Gasteiger partial charge < -0.3 is 18.9 Å². The maximum Gasteiger partial charge on any atom is 0.338 e. The number of methoxy groups -OCH3 is 3. The van der Waals surface area contributed by atoms with Crippen LogP contribution in [0, 0.1) is 0 Å². The van der Waals surface area contributed by atoms with E-state index >= 15 is 0 Å². The third-order valence-electron chi connectivity index (χ3n) is 6.01. The summed E-state index contributed by atoms with van der Waals surface area (Å²) in [6, 6.07) is 7.69. The molecular weight excluding hydrogens is 424 g/mol. The summed E-state index contributed by atoms with van der Waals surface area (Å²) in [6.07, 6.45) is 5.13. The van der Waals surface area contributed by atoms with E-state index < -0.39 is 5.60 Å². The zero-order valence-corrected chi connectivity index (χ0v) is 19.3. The van der Waals surface area contributed by atoms with Crippen molar-refractivity contribution in [1.29, 1.82) is 0 Å². The molecule has 0 spiro atoms. The van der Waals surface area contributed by atoms with Gasteiger partial charge in [0.05, 0.1) is 20.4 Å². The van der Waals surface area contributed by atoms with Crippen LogP contribution in [0.4, 0.5) is 0 Å². The number of esters is 1. The highest BCUT2D eigenvalue weighted by atomic mass is 16.6. The number of nitrogens with zero attached hydrogens (tertiary/aromatic N) is 4. The highest BCUT2D eigenvalue weighted by molar-refractivity contribution is 5.83. The Morgan fingerprint density at radius 2 is 1.94 bits per heavy atom. The van der Waals surface area contributed by atoms with Crippen molar-refractivity contribution in [3.05, 3.63) is 47.9 Å². The van der Waals surface area contributed by atoms with E-state index in [0.717, 1.165) is 22.3 Å². The molecule has 4 rings (SSSR count). The summed E-state index contributed by atoms with van der Waals surface area (Å²) < 4.78 is 23.6. The maximum absolute atomic E-state index is 12.3. The second kappa shape index (κ2) is 9.58. The minimum Gasteiger partial charge on any atom is -0.497 e. The minimum absolute atomic E-state index is 0.348. The molecule has 0 bridgehead atoms. The molecule has 0 radical (unpaired) electrons. The second-order valence-corrected chi connectivity index (χ2v) is 7.81. The molecule has 1 aliphatic carbocycles. The normalized spacial score (nSPS) is 18.1. The lowest BCUT2D eigenvalue weighted by atomic mass is 9.85. The van der Waals surface area contributed by atoms with Crippen LogP contribution >= 0.6 is 0 Å². The van der Waals surface area contributed by atoms with E-state index in [-0.39, 0.29) is 5.97 Å². The standard InChI is InChI=1S/C24H28N4O5/c1-5-28-21-19(14-25-28)22(33-15-16-6-8-18(30-2)9-7-16)27-20(26-21)17-10-12-24(32-4,13-11-17)23(29)31-3/h6-10,14H,5,11-13,15H2,1-4H3. The van der Waals surface area contributed by atoms with Gasteiger partial charge in [0.15, 0.2) is 17.1 Å². The Hall–Kier alpha value is -3.46. The number of fused-ring (bicyclic) bond motifs is 1. The van der Waals surface area contributed by atoms with Crippen molar-refractivity contribution in [2.24, 2.45) is 0 Å². The van der Waals surface area contributed by atoms with Crippen molar-refractivity contribution in [2.75, 3.05) is 21.3 Å². The van der Waals surface area contributed by atoms with Crippen LogP contribution in [0.25, 0.3) is 16.6 Å². The molecule has 9 nitrogen and oxygen atoms in total. The van der Waals surface area contributed by atoms with E-state index in [1.807, 2.05) is 41.9 Å². The number of rotatable bonds is 8. The third kappa shape index (κ3) is 4.41. The average molecular weight is 453 g/mol. The van der Waals surface area contributed by atoms with Crippen molar-refractivity contribution in [2.45, 2.75) is 44.9 Å². The number of carbonyl (C=O) groups is 1. The number of carbonyl (C=O) groups excluding carboxylic acids is 1. The van der Waals surface area contributed by atoms with E-state index in [9.17, 15) is 4.79 Å². The number of hydrogen-bond donors (Lipinski definition) is 0. The highest BCUT2D eigenvalue weighted by Crippen LogP contribution is 2.36. The Bertz CT molecular complexity index is 1170. The Morgan fingerprint density at radius 1 is 1.15 bits per heavy atom. The van der Waals surface area contributed by atoms with Crippen LogP contribution in [0.5, 0.6) is 11.6 Å². The molecule has 1 atom stereocenters. The van der Waals surface area contributed by atoms with Crippen molar-refractivity contribution >= 4 is 22.6 Å². The third-order valence-corrected chi connectivity index (χ3v) is 6.01. The predicted molar refractivity (Wildman–Crippen MR) is 122 cm³/mol. The van der Waals surface area contributed by atoms with Gasteiger partial charge in [0.1, 0.15) is 17.7 Å². The van der Waals surface area contributed by atoms with Gasteiger partial charge in [-0.15, -0.1) is 0 Å². The van der Waals surface area contributed by atoms with E-state index in [1.54, 1.807) is 13.3 Å². The van der Waals surface area contributed by atoms with Gasteiger partial charge in [-0.25, -0.2) is 14.5 Å². The van der Waals surface area contributed by atoms with Crippen LogP contribution in [-0.2, 0) is 27.4 Å². The smallest absolute Gasteiger partial charge is 0.338 e. The van der Waals surface area contributed by atoms with Gasteiger partial charge in [-0.05, 0) is 43.0 Å². The molecular formula is C24H28N4O5. The molecule has 2 aromatic heterocycles. The molecule has 0 aliphatic heterocycles. The number of ether oxygens (including phenoxy) is 4. The molecule has 1 aliphatic rings. The first kappa shape index (κ1) is 22.7. The lowest BCUT2D eigenvalue weighted by Crippen LogP contribution is -2.42. The predicted octanol–water partition coefficient (Wildman–Crippen LogP) is 3.56. The van der Waals surface area contributed by atoms with Crippen LogP contribution < -0.4 is 9.47 Å². The molecule has 1 aromatic carbocycles. The Morgan fingerprint density at radius 3 is 2.55 bits per heavy atom. The summed E-state index contributed by atoms with van der Waals surface area (Å²) in [7, 11) is 4.54. The van der Waals surface area contributed by atoms with Crippen LogP contribution in [-0.4, -0.2) is 52.6 Å². The summed E-state index contributed by atoms with van der Waals surface area (Å²) >= 11 is 0. The van der Waals surface area contributed by atoms with Gasteiger partial charge in [-0.1, -0.05) is 18.2 Å². The Balaban J connectivity index is 1.65. The summed E-state index contributed by atoms with van der Waals surface area (Å²) in [5, 5.41) is 5.18. The van der Waals surface area contributed by atoms with Gasteiger partial charge in [-0.2, -0.15) is 10.1 Å². The van der Waals surface area contributed by atoms with E-state index in [0.29, 0.717) is 49.8 Å². The molecule has 0 fully saturated rings. The highest BCUT2D eigenvalue weighted by Gasteiger charge is 2.41. The quantitative estimate of drug-likeness (QED) is 0.479. The number of benzene rings is 1. The van der Waals surface area contributed by atoms with Crippen molar-refractivity contribution in [3.8, 4) is 11.6 Å². The zero-order valence-electron chi connectivity index (χ0n) is 19.3. The summed E-state index contributed by atoms with van der Waals surface area (Å²) in [6.45, 7) is 3.03. The lowest BCUT2D eigenvalue weighted by molar-refractivity contribution is -0.166. The molecule has 33 heavy (non-hydrogen) atoms. The number of allylic oxidation sites excluding steroid dienone is 1. The average Bonchev–Trinajstić information content (AvgIpc) is 3.30. The monoisotopic (exact) mass is 452 g/mol. The summed E-state index contributed by atoms with van der Waals surface area (Å²) in [5.74, 6) is 1.46. The Kier molecular flexibility index (Phi) is 6.60. The number of hydrogen-bond acceptors (Lipinski definition) is 8.